The lowest BCUT2D eigenvalue weighted by Gasteiger charge is -2.36. The minimum Gasteiger partial charge on any atom is -0.455 e. The largest absolute Gasteiger partial charge is 0.455 e. The van der Waals surface area contributed by atoms with Gasteiger partial charge in [-0.05, 0) is 47.4 Å². The van der Waals surface area contributed by atoms with Crippen molar-refractivity contribution in [1.82, 2.24) is 10.2 Å². The molecule has 4 aliphatic rings. The number of cyclic esters (lactones) is 1. The molecule has 7 atom stereocenters. The number of rotatable bonds is 7. The van der Waals surface area contributed by atoms with E-state index in [0.717, 1.165) is 10.8 Å². The third kappa shape index (κ3) is 6.39. The van der Waals surface area contributed by atoms with Crippen LogP contribution in [-0.4, -0.2) is 90.9 Å². The summed E-state index contributed by atoms with van der Waals surface area (Å²) in [6.07, 6.45) is 4.41. The van der Waals surface area contributed by atoms with Crippen molar-refractivity contribution in [3.8, 4) is 0 Å². The van der Waals surface area contributed by atoms with Crippen molar-refractivity contribution in [2.45, 2.75) is 49.2 Å². The molecule has 7 rings (SSSR count). The Hall–Kier alpha value is -4.36. The average Bonchev–Trinajstić information content (AvgIpc) is 3.73. The van der Waals surface area contributed by atoms with Gasteiger partial charge >= 0.3 is 5.97 Å². The zero-order valence-corrected chi connectivity index (χ0v) is 29.7. The first-order chi connectivity index (χ1) is 24.8. The number of halogens is 1. The van der Waals surface area contributed by atoms with E-state index >= 15 is 4.79 Å². The number of nitrogens with one attached hydrogen (secondary N) is 1. The van der Waals surface area contributed by atoms with Crippen molar-refractivity contribution in [3.05, 3.63) is 101 Å². The number of ether oxygens (including phenoxy) is 3. The van der Waals surface area contributed by atoms with Gasteiger partial charge in [-0.2, -0.15) is 0 Å². The third-order valence-corrected chi connectivity index (χ3v) is 10.9. The molecule has 266 valence electrons. The van der Waals surface area contributed by atoms with E-state index in [4.69, 9.17) is 14.2 Å². The molecule has 1 spiro atoms. The average molecular weight is 759 g/mol. The number of carbonyl (C=O) groups excluding carboxylic acids is 4. The molecule has 3 aromatic carbocycles. The van der Waals surface area contributed by atoms with Crippen molar-refractivity contribution in [2.24, 2.45) is 11.8 Å². The number of carbonyl (C=O) groups is 4. The van der Waals surface area contributed by atoms with Crippen LogP contribution in [0.25, 0.3) is 10.8 Å². The summed E-state index contributed by atoms with van der Waals surface area (Å²) >= 11 is 3.61. The van der Waals surface area contributed by atoms with Gasteiger partial charge in [0.25, 0.3) is 5.91 Å². The Morgan fingerprint density at radius 1 is 0.961 bits per heavy atom. The van der Waals surface area contributed by atoms with Gasteiger partial charge in [-0.1, -0.05) is 88.7 Å². The Labute approximate surface area is 304 Å². The van der Waals surface area contributed by atoms with Crippen LogP contribution >= 0.6 is 15.9 Å². The van der Waals surface area contributed by atoms with Crippen LogP contribution in [0.1, 0.15) is 30.9 Å². The molecule has 2 saturated heterocycles. The lowest BCUT2D eigenvalue weighted by Crippen LogP contribution is -2.56. The fraction of sp³-hybridized carbons (Fsp3) is 0.385. The minimum atomic E-state index is -1.48. The van der Waals surface area contributed by atoms with Crippen molar-refractivity contribution in [2.75, 3.05) is 38.3 Å². The summed E-state index contributed by atoms with van der Waals surface area (Å²) < 4.78 is 19.0. The first-order valence-corrected chi connectivity index (χ1v) is 18.0. The molecule has 0 aliphatic carbocycles. The zero-order chi connectivity index (χ0) is 35.7. The minimum absolute atomic E-state index is 0.0567. The molecular weight excluding hydrogens is 718 g/mol. The number of allylic oxidation sites excluding steroid dienone is 1. The first-order valence-electron chi connectivity index (χ1n) is 17.2. The van der Waals surface area contributed by atoms with Crippen LogP contribution < -0.4 is 10.2 Å². The molecule has 0 radical (unpaired) electrons. The second-order valence-electron chi connectivity index (χ2n) is 13.3. The van der Waals surface area contributed by atoms with Crippen LogP contribution in [-0.2, 0) is 33.4 Å². The fourth-order valence-electron chi connectivity index (χ4n) is 7.97. The maximum Gasteiger partial charge on any atom is 0.313 e. The summed E-state index contributed by atoms with van der Waals surface area (Å²) in [6, 6.07) is 20.8. The molecule has 0 saturated carbocycles. The van der Waals surface area contributed by atoms with Crippen molar-refractivity contribution >= 4 is 56.1 Å². The summed E-state index contributed by atoms with van der Waals surface area (Å²) in [6.45, 7) is 0.0991. The highest BCUT2D eigenvalue weighted by molar-refractivity contribution is 9.11. The molecule has 4 aliphatic heterocycles. The molecule has 4 heterocycles. The van der Waals surface area contributed by atoms with Gasteiger partial charge in [0.1, 0.15) is 29.8 Å². The predicted molar refractivity (Wildman–Crippen MR) is 193 cm³/mol. The molecule has 11 nitrogen and oxygen atoms in total. The molecule has 0 unspecified atom stereocenters. The Morgan fingerprint density at radius 2 is 1.73 bits per heavy atom. The number of hydrogen-bond donors (Lipinski definition) is 2. The van der Waals surface area contributed by atoms with E-state index in [1.54, 1.807) is 23.1 Å². The number of nitrogens with zero attached hydrogens (tertiary/aromatic N) is 2. The van der Waals surface area contributed by atoms with Crippen molar-refractivity contribution in [1.29, 1.82) is 0 Å². The zero-order valence-electron chi connectivity index (χ0n) is 28.2. The molecule has 2 fully saturated rings. The second-order valence-corrected chi connectivity index (χ2v) is 14.2. The van der Waals surface area contributed by atoms with Gasteiger partial charge < -0.3 is 34.4 Å². The molecule has 3 amide bonds. The van der Waals surface area contributed by atoms with Gasteiger partial charge in [0, 0.05) is 43.4 Å². The summed E-state index contributed by atoms with van der Waals surface area (Å²) in [7, 11) is 1.51. The molecular formula is C39H40BrN3O8. The highest BCUT2D eigenvalue weighted by Gasteiger charge is 2.75. The topological polar surface area (TPSA) is 135 Å². The normalized spacial score (nSPS) is 30.3. The molecule has 3 aromatic rings. The quantitative estimate of drug-likeness (QED) is 0.271. The van der Waals surface area contributed by atoms with Gasteiger partial charge in [0.05, 0.1) is 18.6 Å². The fourth-order valence-corrected chi connectivity index (χ4v) is 8.70. The van der Waals surface area contributed by atoms with Crippen LogP contribution in [0.3, 0.4) is 0 Å². The number of aliphatic hydroxyl groups excluding tert-OH is 1. The van der Waals surface area contributed by atoms with E-state index in [9.17, 15) is 19.5 Å². The maximum absolute atomic E-state index is 15.1. The second kappa shape index (κ2) is 14.7. The van der Waals surface area contributed by atoms with Crippen LogP contribution in [0.4, 0.5) is 5.69 Å². The third-order valence-electron chi connectivity index (χ3n) is 10.2. The summed E-state index contributed by atoms with van der Waals surface area (Å²) in [5.74, 6) is -3.93. The number of amides is 3. The summed E-state index contributed by atoms with van der Waals surface area (Å²) in [4.78, 5) is 60.5. The first kappa shape index (κ1) is 35.1. The van der Waals surface area contributed by atoms with E-state index in [2.05, 4.69) is 21.2 Å². The number of hydrogen-bond acceptors (Lipinski definition) is 8. The monoisotopic (exact) mass is 757 g/mol. The Kier molecular flexibility index (Phi) is 10.1. The summed E-state index contributed by atoms with van der Waals surface area (Å²) in [5, 5.41) is 14.8. The highest BCUT2D eigenvalue weighted by Crippen LogP contribution is 2.59. The lowest BCUT2D eigenvalue weighted by molar-refractivity contribution is -0.162. The molecule has 51 heavy (non-hydrogen) atoms. The van der Waals surface area contributed by atoms with Gasteiger partial charge in [-0.15, -0.1) is 0 Å². The molecule has 5 bridgehead atoms. The van der Waals surface area contributed by atoms with Crippen LogP contribution in [0.5, 0.6) is 0 Å². The van der Waals surface area contributed by atoms with Crippen LogP contribution in [0, 0.1) is 11.8 Å². The molecule has 0 aromatic heterocycles. The Bertz CT molecular complexity index is 1880. The number of esters is 1. The van der Waals surface area contributed by atoms with E-state index in [1.165, 1.54) is 12.0 Å². The number of aliphatic hydroxyl groups is 1. The van der Waals surface area contributed by atoms with Crippen LogP contribution in [0.15, 0.2) is 95.5 Å². The summed E-state index contributed by atoms with van der Waals surface area (Å²) in [5.41, 5.74) is -0.222. The van der Waals surface area contributed by atoms with E-state index in [0.29, 0.717) is 22.2 Å². The Balaban J connectivity index is 1.35. The number of likely N-dealkylation sites (tertiary alicyclic amines) is 1. The van der Waals surface area contributed by atoms with Crippen molar-refractivity contribution < 1.29 is 38.5 Å². The predicted octanol–water partition coefficient (Wildman–Crippen LogP) is 4.19. The van der Waals surface area contributed by atoms with E-state index < -0.39 is 53.6 Å². The van der Waals surface area contributed by atoms with Gasteiger partial charge in [-0.3, -0.25) is 19.2 Å². The standard InChI is InChI=1S/C39H40BrN3O8/c1-49-23-29-33(25-12-4-2-5-13-25)50-38(48)31-32-36(46)43(19-10-20-44)35(39(32)22-28(40)34(31)51-39)37(47)42(18-9-3-6-15-30(45)41-29)27-17-16-24-11-7-8-14-26(24)21-27/h2-5,7-9,11-14,16-17,21-22,29,31-35,44H,6,10,15,18-20,23H2,1H3,(H,41,45)/b9-3-/t29-,31+,32-,33-,34+,35+,39-/m1/s1. The Morgan fingerprint density at radius 3 is 2.49 bits per heavy atom. The van der Waals surface area contributed by atoms with E-state index in [1.807, 2.05) is 72.8 Å². The smallest absolute Gasteiger partial charge is 0.313 e. The lowest BCUT2D eigenvalue weighted by atomic mass is 9.74. The van der Waals surface area contributed by atoms with Gasteiger partial charge in [-0.25, -0.2) is 0 Å². The highest BCUT2D eigenvalue weighted by atomic mass is 79.9. The van der Waals surface area contributed by atoms with Crippen LogP contribution in [0.2, 0.25) is 0 Å². The van der Waals surface area contributed by atoms with Gasteiger partial charge in [0.2, 0.25) is 11.8 Å². The molecule has 12 heteroatoms. The number of benzene rings is 3. The van der Waals surface area contributed by atoms with Gasteiger partial charge in [0.15, 0.2) is 0 Å². The van der Waals surface area contributed by atoms with E-state index in [-0.39, 0.29) is 51.0 Å². The number of fused-ring (bicyclic) bond motifs is 3. The maximum atomic E-state index is 15.1. The molecule has 2 N–H and O–H groups in total. The number of anilines is 1. The van der Waals surface area contributed by atoms with Crippen molar-refractivity contribution in [3.63, 3.8) is 0 Å². The SMILES string of the molecule is COC[C@H]1NC(=O)CC/C=C\CN(c2ccc3ccccc3c2)C(=O)[C@@H]2N(CCCO)C(=O)[C@H]3[C@H](C(=O)O[C@@H]1c1ccccc1)[C@H]1O[C@@]23C=C1Br. The number of methoxy groups -OCH3 is 1.